The molecule has 1 aliphatic rings. The molecule has 5 N–H and O–H groups in total. The van der Waals surface area contributed by atoms with Crippen molar-refractivity contribution in [3.05, 3.63) is 24.3 Å². The molecule has 0 saturated heterocycles. The van der Waals surface area contributed by atoms with Gasteiger partial charge in [-0.15, -0.1) is 0 Å². The molecule has 110 valence electrons. The second-order valence-electron chi connectivity index (χ2n) is 5.19. The Kier molecular flexibility index (Phi) is 4.42. The number of anilines is 1. The van der Waals surface area contributed by atoms with Crippen LogP contribution in [0.5, 0.6) is 0 Å². The van der Waals surface area contributed by atoms with E-state index in [9.17, 15) is 13.2 Å². The number of nitrogens with two attached hydrogens (primary N) is 2. The largest absolute Gasteiger partial charge is 0.328 e. The minimum absolute atomic E-state index is 0.0179. The number of carbonyl (C=O) groups is 1. The molecular weight excluding hydrogens is 278 g/mol. The van der Waals surface area contributed by atoms with Crippen LogP contribution < -0.4 is 16.2 Å². The molecule has 0 aliphatic heterocycles. The molecule has 1 fully saturated rings. The van der Waals surface area contributed by atoms with Gasteiger partial charge >= 0.3 is 0 Å². The fourth-order valence-electron chi connectivity index (χ4n) is 2.46. The second-order valence-corrected chi connectivity index (χ2v) is 6.75. The minimum Gasteiger partial charge on any atom is -0.328 e. The Morgan fingerprint density at radius 3 is 2.70 bits per heavy atom. The Morgan fingerprint density at radius 1 is 1.30 bits per heavy atom. The standard InChI is InChI=1S/C13H19N3O3S/c14-10-4-1-3-9(7-10)13(17)16-11-5-2-6-12(8-11)20(15,18)19/h2,5-6,8-10H,1,3-4,7,14H2,(H,16,17)(H2,15,18,19). The van der Waals surface area contributed by atoms with Gasteiger partial charge in [-0.3, -0.25) is 4.79 Å². The van der Waals surface area contributed by atoms with Crippen LogP contribution in [-0.4, -0.2) is 20.4 Å². The highest BCUT2D eigenvalue weighted by Crippen LogP contribution is 2.25. The topological polar surface area (TPSA) is 115 Å². The Hall–Kier alpha value is -1.44. The van der Waals surface area contributed by atoms with Crippen LogP contribution in [0.1, 0.15) is 25.7 Å². The predicted molar refractivity (Wildman–Crippen MR) is 76.4 cm³/mol. The monoisotopic (exact) mass is 297 g/mol. The quantitative estimate of drug-likeness (QED) is 0.765. The van der Waals surface area contributed by atoms with E-state index in [-0.39, 0.29) is 22.8 Å². The van der Waals surface area contributed by atoms with Crippen molar-refractivity contribution in [2.24, 2.45) is 16.8 Å². The highest BCUT2D eigenvalue weighted by atomic mass is 32.2. The predicted octanol–water partition coefficient (Wildman–Crippen LogP) is 0.790. The van der Waals surface area contributed by atoms with Gasteiger partial charge in [-0.05, 0) is 37.5 Å². The lowest BCUT2D eigenvalue weighted by Gasteiger charge is -2.25. The van der Waals surface area contributed by atoms with Crippen molar-refractivity contribution in [1.29, 1.82) is 0 Å². The third kappa shape index (κ3) is 3.78. The van der Waals surface area contributed by atoms with Gasteiger partial charge < -0.3 is 11.1 Å². The summed E-state index contributed by atoms with van der Waals surface area (Å²) in [6.07, 6.45) is 3.37. The molecule has 2 atom stereocenters. The van der Waals surface area contributed by atoms with Crippen molar-refractivity contribution in [2.45, 2.75) is 36.6 Å². The van der Waals surface area contributed by atoms with Gasteiger partial charge in [0.25, 0.3) is 0 Å². The van der Waals surface area contributed by atoms with Gasteiger partial charge in [-0.25, -0.2) is 13.6 Å². The number of carbonyl (C=O) groups excluding carboxylic acids is 1. The maximum Gasteiger partial charge on any atom is 0.238 e. The molecule has 0 spiro atoms. The van der Waals surface area contributed by atoms with Crippen LogP contribution in [0.2, 0.25) is 0 Å². The summed E-state index contributed by atoms with van der Waals surface area (Å²) in [7, 11) is -3.77. The summed E-state index contributed by atoms with van der Waals surface area (Å²) in [5.74, 6) is -0.233. The number of amides is 1. The number of nitrogens with one attached hydrogen (secondary N) is 1. The molecule has 2 unspecified atom stereocenters. The van der Waals surface area contributed by atoms with E-state index in [1.165, 1.54) is 12.1 Å². The SMILES string of the molecule is NC1CCCC(C(=O)Nc2cccc(S(N)(=O)=O)c2)C1. The van der Waals surface area contributed by atoms with Crippen molar-refractivity contribution < 1.29 is 13.2 Å². The van der Waals surface area contributed by atoms with Crippen molar-refractivity contribution >= 4 is 21.6 Å². The molecule has 20 heavy (non-hydrogen) atoms. The maximum absolute atomic E-state index is 12.1. The summed E-state index contributed by atoms with van der Waals surface area (Å²) in [6, 6.07) is 5.99. The average Bonchev–Trinajstić information content (AvgIpc) is 2.38. The lowest BCUT2D eigenvalue weighted by Crippen LogP contribution is -2.34. The average molecular weight is 297 g/mol. The molecule has 0 bridgehead atoms. The smallest absolute Gasteiger partial charge is 0.238 e. The maximum atomic E-state index is 12.1. The third-order valence-electron chi connectivity index (χ3n) is 3.52. The van der Waals surface area contributed by atoms with Crippen LogP contribution in [0.25, 0.3) is 0 Å². The first-order valence-corrected chi connectivity index (χ1v) is 8.10. The molecule has 0 aromatic heterocycles. The van der Waals surface area contributed by atoms with E-state index in [1.807, 2.05) is 0 Å². The van der Waals surface area contributed by atoms with Crippen LogP contribution in [-0.2, 0) is 14.8 Å². The van der Waals surface area contributed by atoms with Gasteiger partial charge in [-0.2, -0.15) is 0 Å². The molecule has 1 amide bonds. The number of hydrogen-bond donors (Lipinski definition) is 3. The van der Waals surface area contributed by atoms with Gasteiger partial charge in [0.2, 0.25) is 15.9 Å². The van der Waals surface area contributed by atoms with E-state index >= 15 is 0 Å². The first kappa shape index (κ1) is 15.0. The molecule has 6 nitrogen and oxygen atoms in total. The van der Waals surface area contributed by atoms with Crippen molar-refractivity contribution in [3.63, 3.8) is 0 Å². The highest BCUT2D eigenvalue weighted by molar-refractivity contribution is 7.89. The Bertz CT molecular complexity index is 601. The fourth-order valence-corrected chi connectivity index (χ4v) is 3.02. The van der Waals surface area contributed by atoms with Crippen molar-refractivity contribution in [3.8, 4) is 0 Å². The van der Waals surface area contributed by atoms with E-state index in [0.29, 0.717) is 12.1 Å². The van der Waals surface area contributed by atoms with Gasteiger partial charge in [0.05, 0.1) is 4.90 Å². The molecule has 1 aliphatic carbocycles. The van der Waals surface area contributed by atoms with Crippen molar-refractivity contribution in [1.82, 2.24) is 0 Å². The fraction of sp³-hybridized carbons (Fsp3) is 0.462. The summed E-state index contributed by atoms with van der Waals surface area (Å²) >= 11 is 0. The number of hydrogen-bond acceptors (Lipinski definition) is 4. The molecule has 0 heterocycles. The van der Waals surface area contributed by atoms with Gasteiger partial charge in [0.1, 0.15) is 0 Å². The molecule has 1 saturated carbocycles. The zero-order chi connectivity index (χ0) is 14.8. The zero-order valence-electron chi connectivity index (χ0n) is 11.1. The van der Waals surface area contributed by atoms with Crippen LogP contribution in [0, 0.1) is 5.92 Å². The molecule has 0 radical (unpaired) electrons. The number of benzene rings is 1. The summed E-state index contributed by atoms with van der Waals surface area (Å²) in [4.78, 5) is 12.1. The van der Waals surface area contributed by atoms with Crippen molar-refractivity contribution in [2.75, 3.05) is 5.32 Å². The van der Waals surface area contributed by atoms with Crippen LogP contribution in [0.3, 0.4) is 0 Å². The highest BCUT2D eigenvalue weighted by Gasteiger charge is 2.25. The minimum atomic E-state index is -3.77. The van der Waals surface area contributed by atoms with Gasteiger partial charge in [0.15, 0.2) is 0 Å². The first-order valence-electron chi connectivity index (χ1n) is 6.55. The van der Waals surface area contributed by atoms with Crippen LogP contribution in [0.15, 0.2) is 29.2 Å². The zero-order valence-corrected chi connectivity index (χ0v) is 11.9. The number of rotatable bonds is 3. The first-order chi connectivity index (χ1) is 9.36. The number of primary sulfonamides is 1. The Morgan fingerprint density at radius 2 is 2.05 bits per heavy atom. The van der Waals surface area contributed by atoms with E-state index < -0.39 is 10.0 Å². The normalized spacial score (nSPS) is 23.3. The lowest BCUT2D eigenvalue weighted by molar-refractivity contribution is -0.120. The molecule has 7 heteroatoms. The van der Waals surface area contributed by atoms with Crippen LogP contribution >= 0.6 is 0 Å². The Balaban J connectivity index is 2.08. The molecule has 2 rings (SSSR count). The summed E-state index contributed by atoms with van der Waals surface area (Å²) in [6.45, 7) is 0. The summed E-state index contributed by atoms with van der Waals surface area (Å²) < 4.78 is 22.5. The second kappa shape index (κ2) is 5.90. The summed E-state index contributed by atoms with van der Waals surface area (Å²) in [5, 5.41) is 7.79. The summed E-state index contributed by atoms with van der Waals surface area (Å²) in [5.41, 5.74) is 6.29. The molecular formula is C13H19N3O3S. The van der Waals surface area contributed by atoms with Gasteiger partial charge in [0, 0.05) is 17.6 Å². The third-order valence-corrected chi connectivity index (χ3v) is 4.43. The Labute approximate surface area is 118 Å². The van der Waals surface area contributed by atoms with Crippen LogP contribution in [0.4, 0.5) is 5.69 Å². The van der Waals surface area contributed by atoms with E-state index in [4.69, 9.17) is 10.9 Å². The van der Waals surface area contributed by atoms with E-state index in [1.54, 1.807) is 12.1 Å². The lowest BCUT2D eigenvalue weighted by atomic mass is 9.85. The number of sulfonamides is 1. The van der Waals surface area contributed by atoms with E-state index in [2.05, 4.69) is 5.32 Å². The van der Waals surface area contributed by atoms with E-state index in [0.717, 1.165) is 19.3 Å². The molecule has 1 aromatic carbocycles. The van der Waals surface area contributed by atoms with Gasteiger partial charge in [-0.1, -0.05) is 12.5 Å². The molecule has 1 aromatic rings.